The number of nitrogens with zero attached hydrogens (tertiary/aromatic N) is 1. The molecule has 1 aliphatic rings. The van der Waals surface area contributed by atoms with Crippen LogP contribution < -0.4 is 5.32 Å². The van der Waals surface area contributed by atoms with Gasteiger partial charge in [0.2, 0.25) is 5.91 Å². The molecule has 2 aromatic rings. The topological polar surface area (TPSA) is 66.5 Å². The summed E-state index contributed by atoms with van der Waals surface area (Å²) in [5, 5.41) is 4.84. The average Bonchev–Trinajstić information content (AvgIpc) is 3.23. The quantitative estimate of drug-likeness (QED) is 0.778. The van der Waals surface area contributed by atoms with Crippen LogP contribution in [0.5, 0.6) is 0 Å². The van der Waals surface area contributed by atoms with Crippen LogP contribution in [0.2, 0.25) is 0 Å². The molecule has 7 heteroatoms. The summed E-state index contributed by atoms with van der Waals surface area (Å²) in [6.07, 6.45) is 2.09. The van der Waals surface area contributed by atoms with E-state index in [9.17, 15) is 13.2 Å². The molecule has 1 saturated heterocycles. The van der Waals surface area contributed by atoms with E-state index in [2.05, 4.69) is 25.2 Å². The normalized spacial score (nSPS) is 17.6. The molecule has 1 fully saturated rings. The molecule has 1 aliphatic heterocycles. The number of para-hydroxylation sites is 1. The molecule has 2 heterocycles. The van der Waals surface area contributed by atoms with Crippen molar-refractivity contribution < 1.29 is 13.2 Å². The van der Waals surface area contributed by atoms with E-state index >= 15 is 0 Å². The number of carbonyl (C=O) groups excluding carboxylic acids is 1. The zero-order valence-corrected chi connectivity index (χ0v) is 17.4. The van der Waals surface area contributed by atoms with Gasteiger partial charge in [-0.05, 0) is 48.3 Å². The molecule has 1 aromatic carbocycles. The Morgan fingerprint density at radius 2 is 1.93 bits per heavy atom. The third-order valence-corrected chi connectivity index (χ3v) is 8.55. The summed E-state index contributed by atoms with van der Waals surface area (Å²) in [6.45, 7) is 5.04. The van der Waals surface area contributed by atoms with Crippen LogP contribution in [0.15, 0.2) is 46.0 Å². The van der Waals surface area contributed by atoms with Crippen molar-refractivity contribution in [3.05, 3.63) is 47.3 Å². The summed E-state index contributed by atoms with van der Waals surface area (Å²) < 4.78 is 27.1. The number of benzene rings is 1. The molecule has 0 saturated carbocycles. The lowest BCUT2D eigenvalue weighted by atomic mass is 9.94. The second kappa shape index (κ2) is 8.54. The molecule has 0 aliphatic carbocycles. The number of sulfonamides is 1. The minimum absolute atomic E-state index is 0.0149. The highest BCUT2D eigenvalue weighted by molar-refractivity contribution is 7.91. The van der Waals surface area contributed by atoms with Gasteiger partial charge in [0.05, 0.1) is 0 Å². The van der Waals surface area contributed by atoms with Crippen LogP contribution >= 0.6 is 11.3 Å². The highest BCUT2D eigenvalue weighted by Gasteiger charge is 2.32. The summed E-state index contributed by atoms with van der Waals surface area (Å²) in [5.41, 5.74) is 2.01. The number of hydrogen-bond donors (Lipinski definition) is 1. The monoisotopic (exact) mass is 406 g/mol. The lowest BCUT2D eigenvalue weighted by Crippen LogP contribution is -2.41. The van der Waals surface area contributed by atoms with Crippen molar-refractivity contribution in [2.24, 2.45) is 5.92 Å². The molecule has 0 bridgehead atoms. The Labute approximate surface area is 165 Å². The summed E-state index contributed by atoms with van der Waals surface area (Å²) in [6, 6.07) is 11.3. The van der Waals surface area contributed by atoms with Gasteiger partial charge in [-0.3, -0.25) is 4.79 Å². The van der Waals surface area contributed by atoms with Crippen LogP contribution in [-0.2, 0) is 14.8 Å². The number of thiophene rings is 1. The van der Waals surface area contributed by atoms with Crippen LogP contribution in [0.25, 0.3) is 0 Å². The molecule has 1 amide bonds. The number of rotatable bonds is 6. The number of anilines is 1. The van der Waals surface area contributed by atoms with Gasteiger partial charge in [-0.1, -0.05) is 38.1 Å². The zero-order chi connectivity index (χ0) is 19.4. The minimum Gasteiger partial charge on any atom is -0.326 e. The van der Waals surface area contributed by atoms with Crippen LogP contribution in [0, 0.1) is 5.92 Å². The first-order valence-electron chi connectivity index (χ1n) is 9.37. The molecular formula is C20H26N2O3S2. The van der Waals surface area contributed by atoms with Gasteiger partial charge in [0.1, 0.15) is 4.21 Å². The van der Waals surface area contributed by atoms with Gasteiger partial charge in [0.15, 0.2) is 0 Å². The smallest absolute Gasteiger partial charge is 0.252 e. The van der Waals surface area contributed by atoms with E-state index in [0.717, 1.165) is 17.7 Å². The highest BCUT2D eigenvalue weighted by atomic mass is 32.2. The minimum atomic E-state index is -3.43. The SMILES string of the molecule is CC[C@@H](C)c1ccccc1NC(=O)C1CCN(S(=O)(=O)c2cccs2)CC1. The van der Waals surface area contributed by atoms with Gasteiger partial charge in [-0.25, -0.2) is 8.42 Å². The largest absolute Gasteiger partial charge is 0.326 e. The molecule has 1 N–H and O–H groups in total. The van der Waals surface area contributed by atoms with Crippen LogP contribution in [0.1, 0.15) is 44.6 Å². The maximum atomic E-state index is 12.7. The predicted octanol–water partition coefficient (Wildman–Crippen LogP) is 4.30. The standard InChI is InChI=1S/C20H26N2O3S2/c1-3-15(2)17-7-4-5-8-18(17)21-20(23)16-10-12-22(13-11-16)27(24,25)19-9-6-14-26-19/h4-9,14-16H,3,10-13H2,1-2H3,(H,21,23)/t15-/m1/s1. The molecule has 146 valence electrons. The lowest BCUT2D eigenvalue weighted by Gasteiger charge is -2.30. The molecule has 0 radical (unpaired) electrons. The summed E-state index contributed by atoms with van der Waals surface area (Å²) in [7, 11) is -3.43. The Bertz CT molecular complexity index is 870. The third-order valence-electron chi connectivity index (χ3n) is 5.28. The van der Waals surface area contributed by atoms with E-state index in [0.29, 0.717) is 36.1 Å². The Kier molecular flexibility index (Phi) is 6.34. The molecule has 5 nitrogen and oxygen atoms in total. The Morgan fingerprint density at radius 1 is 1.22 bits per heavy atom. The second-order valence-corrected chi connectivity index (χ2v) is 10.1. The predicted molar refractivity (Wildman–Crippen MR) is 110 cm³/mol. The maximum Gasteiger partial charge on any atom is 0.252 e. The fraction of sp³-hybridized carbons (Fsp3) is 0.450. The van der Waals surface area contributed by atoms with Crippen molar-refractivity contribution in [1.29, 1.82) is 0 Å². The number of hydrogen-bond acceptors (Lipinski definition) is 4. The van der Waals surface area contributed by atoms with E-state index in [1.807, 2.05) is 18.2 Å². The first kappa shape index (κ1) is 20.0. The van der Waals surface area contributed by atoms with E-state index < -0.39 is 10.0 Å². The number of piperidine rings is 1. The zero-order valence-electron chi connectivity index (χ0n) is 15.7. The summed E-state index contributed by atoms with van der Waals surface area (Å²) in [5.74, 6) is 0.197. The lowest BCUT2D eigenvalue weighted by molar-refractivity contribution is -0.120. The Balaban J connectivity index is 1.63. The van der Waals surface area contributed by atoms with Crippen molar-refractivity contribution in [3.8, 4) is 0 Å². The number of amides is 1. The van der Waals surface area contributed by atoms with E-state index in [1.165, 1.54) is 15.6 Å². The molecule has 1 atom stereocenters. The maximum absolute atomic E-state index is 12.7. The first-order valence-corrected chi connectivity index (χ1v) is 11.7. The Morgan fingerprint density at radius 3 is 2.56 bits per heavy atom. The number of nitrogens with one attached hydrogen (secondary N) is 1. The molecule has 27 heavy (non-hydrogen) atoms. The van der Waals surface area contributed by atoms with Crippen molar-refractivity contribution in [2.75, 3.05) is 18.4 Å². The molecule has 0 spiro atoms. The van der Waals surface area contributed by atoms with Crippen molar-refractivity contribution in [3.63, 3.8) is 0 Å². The van der Waals surface area contributed by atoms with Crippen LogP contribution in [0.3, 0.4) is 0 Å². The fourth-order valence-corrected chi connectivity index (χ4v) is 6.01. The van der Waals surface area contributed by atoms with E-state index in [4.69, 9.17) is 0 Å². The number of carbonyl (C=O) groups is 1. The highest BCUT2D eigenvalue weighted by Crippen LogP contribution is 2.29. The van der Waals surface area contributed by atoms with E-state index in [1.54, 1.807) is 17.5 Å². The molecular weight excluding hydrogens is 380 g/mol. The van der Waals surface area contributed by atoms with Gasteiger partial charge in [0, 0.05) is 24.7 Å². The summed E-state index contributed by atoms with van der Waals surface area (Å²) in [4.78, 5) is 12.7. The Hall–Kier alpha value is -1.70. The molecule has 0 unspecified atom stereocenters. The summed E-state index contributed by atoms with van der Waals surface area (Å²) >= 11 is 1.23. The van der Waals surface area contributed by atoms with Gasteiger partial charge >= 0.3 is 0 Å². The third kappa shape index (κ3) is 4.42. The van der Waals surface area contributed by atoms with Crippen molar-refractivity contribution >= 4 is 33.0 Å². The average molecular weight is 407 g/mol. The van der Waals surface area contributed by atoms with E-state index in [-0.39, 0.29) is 11.8 Å². The van der Waals surface area contributed by atoms with Crippen molar-refractivity contribution in [2.45, 2.75) is 43.2 Å². The van der Waals surface area contributed by atoms with Gasteiger partial charge in [-0.15, -0.1) is 11.3 Å². The molecule has 1 aromatic heterocycles. The van der Waals surface area contributed by atoms with Crippen molar-refractivity contribution in [1.82, 2.24) is 4.31 Å². The molecule has 3 rings (SSSR count). The van der Waals surface area contributed by atoms with Crippen LogP contribution in [-0.4, -0.2) is 31.7 Å². The van der Waals surface area contributed by atoms with Gasteiger partial charge in [0.25, 0.3) is 10.0 Å². The van der Waals surface area contributed by atoms with Gasteiger partial charge in [-0.2, -0.15) is 4.31 Å². The van der Waals surface area contributed by atoms with Crippen LogP contribution in [0.4, 0.5) is 5.69 Å². The second-order valence-electron chi connectivity index (χ2n) is 7.00. The first-order chi connectivity index (χ1) is 12.9. The fourth-order valence-electron chi connectivity index (χ4n) is 3.39. The van der Waals surface area contributed by atoms with Gasteiger partial charge < -0.3 is 5.32 Å².